The van der Waals surface area contributed by atoms with E-state index in [2.05, 4.69) is 13.8 Å². The van der Waals surface area contributed by atoms with Crippen molar-refractivity contribution in [3.63, 3.8) is 0 Å². The normalized spacial score (nSPS) is 49.0. The van der Waals surface area contributed by atoms with Crippen LogP contribution in [0.15, 0.2) is 11.6 Å². The van der Waals surface area contributed by atoms with Gasteiger partial charge < -0.3 is 0 Å². The van der Waals surface area contributed by atoms with E-state index in [1.165, 1.54) is 31.3 Å². The zero-order chi connectivity index (χ0) is 16.4. The van der Waals surface area contributed by atoms with Crippen LogP contribution in [0.4, 0.5) is 0 Å². The van der Waals surface area contributed by atoms with E-state index < -0.39 is 0 Å². The van der Waals surface area contributed by atoms with Gasteiger partial charge in [-0.2, -0.15) is 0 Å². The molecule has 0 aliphatic heterocycles. The number of carbonyl (C=O) groups is 2. The summed E-state index contributed by atoms with van der Waals surface area (Å²) in [5.74, 6) is 4.52. The van der Waals surface area contributed by atoms with Crippen LogP contribution in [0.5, 0.6) is 0 Å². The third-order valence-corrected chi connectivity index (χ3v) is 8.12. The average molecular weight is 314 g/mol. The summed E-state index contributed by atoms with van der Waals surface area (Å²) < 4.78 is 0. The molecule has 0 aromatic rings. The molecule has 0 heterocycles. The molecule has 2 nitrogen and oxygen atoms in total. The molecule has 4 aliphatic rings. The van der Waals surface area contributed by atoms with Crippen LogP contribution in [0.3, 0.4) is 0 Å². The standard InChI is InChI=1S/C21H30O2/c1-12-10-15(23)11-14-4-5-16-17(20(12)14)8-9-21(3)18(13(2)22)6-7-19(16)21/h11-12,16-20H,4-10H2,1-3H3. The second kappa shape index (κ2) is 5.29. The molecule has 2 heteroatoms. The maximum absolute atomic E-state index is 12.1. The fourth-order valence-corrected chi connectivity index (χ4v) is 7.29. The molecule has 7 unspecified atom stereocenters. The molecule has 0 radical (unpaired) electrons. The summed E-state index contributed by atoms with van der Waals surface area (Å²) >= 11 is 0. The van der Waals surface area contributed by atoms with Crippen molar-refractivity contribution in [1.82, 2.24) is 0 Å². The third kappa shape index (κ3) is 2.20. The Hall–Kier alpha value is -0.920. The molecule has 126 valence electrons. The lowest BCUT2D eigenvalue weighted by Crippen LogP contribution is -2.48. The number of hydrogen-bond donors (Lipinski definition) is 0. The van der Waals surface area contributed by atoms with Crippen molar-refractivity contribution >= 4 is 11.6 Å². The van der Waals surface area contributed by atoms with Gasteiger partial charge in [0.1, 0.15) is 5.78 Å². The molecule has 0 bridgehead atoms. The topological polar surface area (TPSA) is 34.1 Å². The Morgan fingerprint density at radius 2 is 1.96 bits per heavy atom. The lowest BCUT2D eigenvalue weighted by atomic mass is 9.50. The molecule has 0 N–H and O–H groups in total. The van der Waals surface area contributed by atoms with Gasteiger partial charge in [-0.1, -0.05) is 19.4 Å². The number of ketones is 2. The minimum absolute atomic E-state index is 0.252. The van der Waals surface area contributed by atoms with E-state index in [9.17, 15) is 9.59 Å². The molecule has 4 rings (SSSR count). The van der Waals surface area contributed by atoms with Gasteiger partial charge in [0.2, 0.25) is 0 Å². The minimum atomic E-state index is 0.252. The van der Waals surface area contributed by atoms with E-state index in [4.69, 9.17) is 0 Å². The highest BCUT2D eigenvalue weighted by atomic mass is 16.1. The minimum Gasteiger partial charge on any atom is -0.300 e. The highest BCUT2D eigenvalue weighted by molar-refractivity contribution is 5.91. The summed E-state index contributed by atoms with van der Waals surface area (Å²) in [4.78, 5) is 24.1. The zero-order valence-corrected chi connectivity index (χ0v) is 14.8. The molecule has 0 aromatic heterocycles. The lowest BCUT2D eigenvalue weighted by molar-refractivity contribution is -0.127. The molecule has 0 spiro atoms. The highest BCUT2D eigenvalue weighted by Gasteiger charge is 2.57. The summed E-state index contributed by atoms with van der Waals surface area (Å²) in [6, 6.07) is 0. The quantitative estimate of drug-likeness (QED) is 0.710. The van der Waals surface area contributed by atoms with Crippen molar-refractivity contribution in [2.45, 2.75) is 65.7 Å². The van der Waals surface area contributed by atoms with Crippen LogP contribution in [0.1, 0.15) is 65.7 Å². The molecular weight excluding hydrogens is 284 g/mol. The van der Waals surface area contributed by atoms with Gasteiger partial charge in [-0.3, -0.25) is 9.59 Å². The maximum atomic E-state index is 12.1. The molecule has 23 heavy (non-hydrogen) atoms. The van der Waals surface area contributed by atoms with Crippen molar-refractivity contribution < 1.29 is 9.59 Å². The number of hydrogen-bond acceptors (Lipinski definition) is 2. The van der Waals surface area contributed by atoms with Gasteiger partial charge in [-0.05, 0) is 86.5 Å². The van der Waals surface area contributed by atoms with Gasteiger partial charge in [-0.25, -0.2) is 0 Å². The number of fused-ring (bicyclic) bond motifs is 5. The number of rotatable bonds is 1. The van der Waals surface area contributed by atoms with Crippen LogP contribution < -0.4 is 0 Å². The summed E-state index contributed by atoms with van der Waals surface area (Å²) in [5.41, 5.74) is 1.71. The molecule has 7 atom stereocenters. The first-order chi connectivity index (χ1) is 10.9. The van der Waals surface area contributed by atoms with Gasteiger partial charge in [0.25, 0.3) is 0 Å². The first kappa shape index (κ1) is 15.6. The number of carbonyl (C=O) groups excluding carboxylic acids is 2. The predicted molar refractivity (Wildman–Crippen MR) is 90.8 cm³/mol. The van der Waals surface area contributed by atoms with E-state index >= 15 is 0 Å². The van der Waals surface area contributed by atoms with Crippen LogP contribution >= 0.6 is 0 Å². The Labute approximate surface area is 140 Å². The Morgan fingerprint density at radius 1 is 1.17 bits per heavy atom. The van der Waals surface area contributed by atoms with E-state index in [-0.39, 0.29) is 5.41 Å². The van der Waals surface area contributed by atoms with Crippen molar-refractivity contribution in [2.75, 3.05) is 0 Å². The average Bonchev–Trinajstić information content (AvgIpc) is 2.83. The van der Waals surface area contributed by atoms with Crippen molar-refractivity contribution in [2.24, 2.45) is 40.9 Å². The van der Waals surface area contributed by atoms with E-state index in [0.29, 0.717) is 29.3 Å². The molecule has 4 aliphatic carbocycles. The molecule has 3 fully saturated rings. The Morgan fingerprint density at radius 3 is 2.70 bits per heavy atom. The Kier molecular flexibility index (Phi) is 3.59. The summed E-state index contributed by atoms with van der Waals surface area (Å²) in [5, 5.41) is 0. The second-order valence-corrected chi connectivity index (χ2v) is 9.15. The largest absolute Gasteiger partial charge is 0.300 e. The predicted octanol–water partition coefficient (Wildman–Crippen LogP) is 4.58. The Balaban J connectivity index is 1.64. The Bertz CT molecular complexity index is 574. The first-order valence-electron chi connectivity index (χ1n) is 9.65. The second-order valence-electron chi connectivity index (χ2n) is 9.15. The van der Waals surface area contributed by atoms with Gasteiger partial charge in [0, 0.05) is 12.3 Å². The fourth-order valence-electron chi connectivity index (χ4n) is 7.29. The summed E-state index contributed by atoms with van der Waals surface area (Å²) in [7, 11) is 0. The third-order valence-electron chi connectivity index (χ3n) is 8.12. The molecule has 0 amide bonds. The van der Waals surface area contributed by atoms with Crippen LogP contribution in [-0.2, 0) is 9.59 Å². The van der Waals surface area contributed by atoms with E-state index in [0.717, 1.165) is 37.0 Å². The monoisotopic (exact) mass is 314 g/mol. The van der Waals surface area contributed by atoms with Crippen LogP contribution in [0.25, 0.3) is 0 Å². The van der Waals surface area contributed by atoms with Gasteiger partial charge in [0.05, 0.1) is 0 Å². The first-order valence-corrected chi connectivity index (χ1v) is 9.65. The van der Waals surface area contributed by atoms with Crippen LogP contribution in [-0.4, -0.2) is 11.6 Å². The summed E-state index contributed by atoms with van der Waals surface area (Å²) in [6.45, 7) is 6.51. The van der Waals surface area contributed by atoms with E-state index in [1.54, 1.807) is 6.92 Å². The molecule has 0 aromatic carbocycles. The number of allylic oxidation sites excluding steroid dienone is 1. The van der Waals surface area contributed by atoms with Crippen LogP contribution in [0.2, 0.25) is 0 Å². The van der Waals surface area contributed by atoms with E-state index in [1.807, 2.05) is 6.08 Å². The van der Waals surface area contributed by atoms with Gasteiger partial charge in [0.15, 0.2) is 5.78 Å². The van der Waals surface area contributed by atoms with Gasteiger partial charge in [-0.15, -0.1) is 0 Å². The fraction of sp³-hybridized carbons (Fsp3) is 0.810. The highest BCUT2D eigenvalue weighted by Crippen LogP contribution is 2.64. The molecule has 0 saturated heterocycles. The smallest absolute Gasteiger partial charge is 0.155 e. The lowest BCUT2D eigenvalue weighted by Gasteiger charge is -2.55. The maximum Gasteiger partial charge on any atom is 0.155 e. The van der Waals surface area contributed by atoms with Crippen molar-refractivity contribution in [3.05, 3.63) is 11.6 Å². The van der Waals surface area contributed by atoms with Crippen LogP contribution in [0, 0.1) is 40.9 Å². The van der Waals surface area contributed by atoms with Crippen molar-refractivity contribution in [3.8, 4) is 0 Å². The van der Waals surface area contributed by atoms with Gasteiger partial charge >= 0.3 is 0 Å². The molecule has 3 saturated carbocycles. The summed E-state index contributed by atoms with van der Waals surface area (Å²) in [6.07, 6.45) is 9.95. The number of Topliss-reactive ketones (excluding diaryl/α,β-unsaturated/α-hetero) is 1. The molecular formula is C21H30O2. The van der Waals surface area contributed by atoms with Crippen molar-refractivity contribution in [1.29, 1.82) is 0 Å². The zero-order valence-electron chi connectivity index (χ0n) is 14.8. The SMILES string of the molecule is CC(=O)C1CCC2C3CCC4=CC(=O)CC(C)C4C3CCC12C.